The monoisotopic (exact) mass is 280 g/mol. The van der Waals surface area contributed by atoms with Crippen molar-refractivity contribution < 1.29 is 0 Å². The molecule has 0 amide bonds. The van der Waals surface area contributed by atoms with Crippen LogP contribution in [0.1, 0.15) is 31.1 Å². The Balaban J connectivity index is 2.16. The van der Waals surface area contributed by atoms with Crippen LogP contribution >= 0.6 is 0 Å². The zero-order chi connectivity index (χ0) is 14.7. The third kappa shape index (κ3) is 2.54. The van der Waals surface area contributed by atoms with E-state index in [4.69, 9.17) is 0 Å². The maximum atomic E-state index is 4.46. The Morgan fingerprint density at radius 1 is 1.10 bits per heavy atom. The molecule has 0 saturated heterocycles. The molecule has 1 aromatic carbocycles. The van der Waals surface area contributed by atoms with E-state index >= 15 is 0 Å². The minimum Gasteiger partial charge on any atom is -0.305 e. The lowest BCUT2D eigenvalue weighted by molar-refractivity contribution is 0.544. The number of aromatic nitrogens is 3. The highest BCUT2D eigenvalue weighted by atomic mass is 15.3. The van der Waals surface area contributed by atoms with Crippen LogP contribution in [0, 0.1) is 0 Å². The summed E-state index contributed by atoms with van der Waals surface area (Å²) < 4.78 is 2.04. The largest absolute Gasteiger partial charge is 0.305 e. The second-order valence-electron chi connectivity index (χ2n) is 4.98. The minimum absolute atomic E-state index is 0.130. The summed E-state index contributed by atoms with van der Waals surface area (Å²) in [6, 6.07) is 12.6. The van der Waals surface area contributed by atoms with Gasteiger partial charge in [0.15, 0.2) is 0 Å². The molecule has 0 saturated carbocycles. The molecule has 4 nitrogen and oxygen atoms in total. The van der Waals surface area contributed by atoms with Gasteiger partial charge in [-0.05, 0) is 37.2 Å². The molecule has 1 unspecified atom stereocenters. The first-order valence-corrected chi connectivity index (χ1v) is 7.43. The van der Waals surface area contributed by atoms with Crippen molar-refractivity contribution >= 4 is 10.9 Å². The molecule has 3 rings (SSSR count). The summed E-state index contributed by atoms with van der Waals surface area (Å²) in [5.74, 6) is 0. The number of fused-ring (bicyclic) bond motifs is 1. The van der Waals surface area contributed by atoms with Crippen molar-refractivity contribution in [1.29, 1.82) is 0 Å². The lowest BCUT2D eigenvalue weighted by Gasteiger charge is -2.21. The molecule has 0 aliphatic carbocycles. The second-order valence-corrected chi connectivity index (χ2v) is 4.98. The predicted octanol–water partition coefficient (Wildman–Crippen LogP) is 3.15. The third-order valence-corrected chi connectivity index (χ3v) is 3.74. The average molecular weight is 280 g/mol. The first-order chi connectivity index (χ1) is 10.3. The molecule has 0 bridgehead atoms. The van der Waals surface area contributed by atoms with Gasteiger partial charge in [-0.1, -0.05) is 25.1 Å². The summed E-state index contributed by atoms with van der Waals surface area (Å²) in [7, 11) is 0. The molecular weight excluding hydrogens is 260 g/mol. The van der Waals surface area contributed by atoms with E-state index < -0.39 is 0 Å². The molecule has 3 aromatic rings. The summed E-state index contributed by atoms with van der Waals surface area (Å²) in [4.78, 5) is 4.46. The molecule has 0 fully saturated rings. The highest BCUT2D eigenvalue weighted by Gasteiger charge is 2.19. The van der Waals surface area contributed by atoms with E-state index in [0.717, 1.165) is 18.6 Å². The van der Waals surface area contributed by atoms with Gasteiger partial charge in [-0.2, -0.15) is 5.10 Å². The first kappa shape index (κ1) is 13.8. The van der Waals surface area contributed by atoms with Gasteiger partial charge in [-0.3, -0.25) is 9.67 Å². The van der Waals surface area contributed by atoms with Gasteiger partial charge in [-0.25, -0.2) is 0 Å². The second kappa shape index (κ2) is 6.06. The SMILES string of the molecule is CCNC(c1cccc2ncccc12)c1ccnn1CC. The van der Waals surface area contributed by atoms with Gasteiger partial charge < -0.3 is 5.32 Å². The van der Waals surface area contributed by atoms with E-state index in [0.29, 0.717) is 0 Å². The quantitative estimate of drug-likeness (QED) is 0.780. The van der Waals surface area contributed by atoms with E-state index in [-0.39, 0.29) is 6.04 Å². The van der Waals surface area contributed by atoms with Crippen LogP contribution in [0.25, 0.3) is 10.9 Å². The molecule has 0 radical (unpaired) electrons. The number of pyridine rings is 1. The van der Waals surface area contributed by atoms with E-state index in [2.05, 4.69) is 59.6 Å². The molecule has 0 aliphatic rings. The summed E-state index contributed by atoms with van der Waals surface area (Å²) in [6.07, 6.45) is 3.71. The van der Waals surface area contributed by atoms with Crippen LogP contribution in [0.15, 0.2) is 48.8 Å². The number of aryl methyl sites for hydroxylation is 1. The number of nitrogens with zero attached hydrogens (tertiary/aromatic N) is 3. The van der Waals surface area contributed by atoms with Crippen molar-refractivity contribution in [2.24, 2.45) is 0 Å². The smallest absolute Gasteiger partial charge is 0.0754 e. The maximum Gasteiger partial charge on any atom is 0.0754 e. The molecule has 2 aromatic heterocycles. The summed E-state index contributed by atoms with van der Waals surface area (Å²) in [5.41, 5.74) is 3.47. The molecule has 2 heterocycles. The number of hydrogen-bond donors (Lipinski definition) is 1. The summed E-state index contributed by atoms with van der Waals surface area (Å²) >= 11 is 0. The van der Waals surface area contributed by atoms with Crippen molar-refractivity contribution in [3.05, 3.63) is 60.0 Å². The lowest BCUT2D eigenvalue weighted by atomic mass is 9.98. The van der Waals surface area contributed by atoms with Crippen molar-refractivity contribution in [3.8, 4) is 0 Å². The van der Waals surface area contributed by atoms with Gasteiger partial charge in [0.2, 0.25) is 0 Å². The average Bonchev–Trinajstić information content (AvgIpc) is 3.00. The van der Waals surface area contributed by atoms with Crippen LogP contribution in [0.4, 0.5) is 0 Å². The fraction of sp³-hybridized carbons (Fsp3) is 0.294. The Morgan fingerprint density at radius 2 is 2.00 bits per heavy atom. The van der Waals surface area contributed by atoms with Crippen molar-refractivity contribution in [2.75, 3.05) is 6.54 Å². The molecule has 1 N–H and O–H groups in total. The van der Waals surface area contributed by atoms with Gasteiger partial charge in [0.25, 0.3) is 0 Å². The number of hydrogen-bond acceptors (Lipinski definition) is 3. The fourth-order valence-electron chi connectivity index (χ4n) is 2.81. The number of benzene rings is 1. The Morgan fingerprint density at radius 3 is 2.81 bits per heavy atom. The standard InChI is InChI=1S/C17H20N4/c1-3-18-17(16-10-12-20-21(16)4-2)14-7-5-9-15-13(14)8-6-11-19-15/h5-12,17-18H,3-4H2,1-2H3. The van der Waals surface area contributed by atoms with Crippen LogP contribution in [-0.4, -0.2) is 21.3 Å². The molecule has 0 spiro atoms. The Kier molecular flexibility index (Phi) is 3.97. The zero-order valence-electron chi connectivity index (χ0n) is 12.5. The van der Waals surface area contributed by atoms with Gasteiger partial charge in [-0.15, -0.1) is 0 Å². The van der Waals surface area contributed by atoms with Crippen molar-refractivity contribution in [3.63, 3.8) is 0 Å². The minimum atomic E-state index is 0.130. The molecule has 0 aliphatic heterocycles. The molecular formula is C17H20N4. The fourth-order valence-corrected chi connectivity index (χ4v) is 2.81. The van der Waals surface area contributed by atoms with E-state index in [1.165, 1.54) is 16.6 Å². The van der Waals surface area contributed by atoms with Crippen LogP contribution in [0.3, 0.4) is 0 Å². The van der Waals surface area contributed by atoms with Crippen LogP contribution in [0.2, 0.25) is 0 Å². The Labute approximate surface area is 124 Å². The Bertz CT molecular complexity index is 727. The third-order valence-electron chi connectivity index (χ3n) is 3.74. The summed E-state index contributed by atoms with van der Waals surface area (Å²) in [6.45, 7) is 6.01. The normalized spacial score (nSPS) is 12.7. The topological polar surface area (TPSA) is 42.7 Å². The predicted molar refractivity (Wildman–Crippen MR) is 85.2 cm³/mol. The lowest BCUT2D eigenvalue weighted by Crippen LogP contribution is -2.25. The molecule has 4 heteroatoms. The van der Waals surface area contributed by atoms with Crippen LogP contribution in [0.5, 0.6) is 0 Å². The van der Waals surface area contributed by atoms with E-state index in [1.54, 1.807) is 0 Å². The maximum absolute atomic E-state index is 4.46. The molecule has 108 valence electrons. The summed E-state index contributed by atoms with van der Waals surface area (Å²) in [5, 5.41) is 9.17. The van der Waals surface area contributed by atoms with Crippen LogP contribution in [-0.2, 0) is 6.54 Å². The number of nitrogens with one attached hydrogen (secondary N) is 1. The molecule has 1 atom stereocenters. The zero-order valence-corrected chi connectivity index (χ0v) is 12.5. The highest BCUT2D eigenvalue weighted by molar-refractivity contribution is 5.82. The van der Waals surface area contributed by atoms with Gasteiger partial charge >= 0.3 is 0 Å². The van der Waals surface area contributed by atoms with E-state index in [1.807, 2.05) is 23.1 Å². The van der Waals surface area contributed by atoms with Crippen molar-refractivity contribution in [1.82, 2.24) is 20.1 Å². The van der Waals surface area contributed by atoms with Gasteiger partial charge in [0.1, 0.15) is 0 Å². The van der Waals surface area contributed by atoms with Crippen LogP contribution < -0.4 is 5.32 Å². The Hall–Kier alpha value is -2.20. The number of rotatable bonds is 5. The van der Waals surface area contributed by atoms with E-state index in [9.17, 15) is 0 Å². The molecule has 21 heavy (non-hydrogen) atoms. The van der Waals surface area contributed by atoms with Crippen molar-refractivity contribution in [2.45, 2.75) is 26.4 Å². The van der Waals surface area contributed by atoms with Gasteiger partial charge in [0, 0.05) is 24.3 Å². The highest BCUT2D eigenvalue weighted by Crippen LogP contribution is 2.28. The first-order valence-electron chi connectivity index (χ1n) is 7.43. The van der Waals surface area contributed by atoms with Gasteiger partial charge in [0.05, 0.1) is 17.3 Å².